The molecule has 2 aromatic carbocycles. The summed E-state index contributed by atoms with van der Waals surface area (Å²) < 4.78 is 78.2. The molecule has 1 aliphatic rings. The standard InChI is InChI=1S/C26H28F3N3O6S2/c1-25(2,3)38-24(35)31-13-11-17(12-14-31)30-39(36)21-15-32(20-6-4-5-19(22(20)21)26(27,28)29)40(37)18-9-7-16(8-10-18)23(33)34/h4-10,15,17,30H,11-14H2,1-3H3,(H,33,34). The van der Waals surface area contributed by atoms with E-state index >= 15 is 0 Å². The monoisotopic (exact) mass is 599 g/mol. The minimum atomic E-state index is -4.77. The van der Waals surface area contributed by atoms with Gasteiger partial charge in [0.25, 0.3) is 0 Å². The zero-order valence-electron chi connectivity index (χ0n) is 21.9. The Morgan fingerprint density at radius 3 is 2.20 bits per heavy atom. The summed E-state index contributed by atoms with van der Waals surface area (Å²) >= 11 is 0. The minimum Gasteiger partial charge on any atom is -0.478 e. The number of fused-ring (bicyclic) bond motifs is 1. The van der Waals surface area contributed by atoms with Crippen molar-refractivity contribution in [2.24, 2.45) is 0 Å². The average Bonchev–Trinajstić information content (AvgIpc) is 3.27. The third-order valence-electron chi connectivity index (χ3n) is 6.17. The molecule has 216 valence electrons. The Bertz CT molecular complexity index is 1470. The highest BCUT2D eigenvalue weighted by Gasteiger charge is 2.36. The maximum absolute atomic E-state index is 14.0. The maximum atomic E-state index is 14.0. The molecule has 0 spiro atoms. The molecule has 1 saturated heterocycles. The van der Waals surface area contributed by atoms with E-state index in [1.807, 2.05) is 0 Å². The van der Waals surface area contributed by atoms with Gasteiger partial charge in [0.05, 0.1) is 26.4 Å². The average molecular weight is 600 g/mol. The highest BCUT2D eigenvalue weighted by Crippen LogP contribution is 2.39. The number of aromatic nitrogens is 1. The van der Waals surface area contributed by atoms with Gasteiger partial charge in [0.1, 0.15) is 16.6 Å². The Balaban J connectivity index is 1.62. The number of carbonyl (C=O) groups excluding carboxylic acids is 1. The van der Waals surface area contributed by atoms with Gasteiger partial charge in [-0.05, 0) is 70.0 Å². The van der Waals surface area contributed by atoms with Crippen LogP contribution >= 0.6 is 0 Å². The van der Waals surface area contributed by atoms with Crippen molar-refractivity contribution in [1.29, 1.82) is 0 Å². The Morgan fingerprint density at radius 1 is 1.02 bits per heavy atom. The third kappa shape index (κ3) is 6.56. The maximum Gasteiger partial charge on any atom is 0.417 e. The first-order chi connectivity index (χ1) is 18.7. The summed E-state index contributed by atoms with van der Waals surface area (Å²) in [5.41, 5.74) is -1.76. The van der Waals surface area contributed by atoms with Crippen LogP contribution < -0.4 is 4.72 Å². The molecule has 2 unspecified atom stereocenters. The summed E-state index contributed by atoms with van der Waals surface area (Å²) in [7, 11) is -4.18. The number of carbonyl (C=O) groups is 2. The lowest BCUT2D eigenvalue weighted by molar-refractivity contribution is -0.136. The number of halogens is 3. The molecule has 40 heavy (non-hydrogen) atoms. The molecule has 1 fully saturated rings. The second kappa shape index (κ2) is 11.3. The van der Waals surface area contributed by atoms with Crippen molar-refractivity contribution in [2.75, 3.05) is 13.1 Å². The van der Waals surface area contributed by atoms with Crippen molar-refractivity contribution in [1.82, 2.24) is 13.6 Å². The number of carboxylic acid groups (broad SMARTS) is 1. The van der Waals surface area contributed by atoms with Crippen molar-refractivity contribution in [3.8, 4) is 0 Å². The minimum absolute atomic E-state index is 0.0406. The van der Waals surface area contributed by atoms with E-state index in [9.17, 15) is 31.2 Å². The number of hydrogen-bond donors (Lipinski definition) is 2. The van der Waals surface area contributed by atoms with Gasteiger partial charge in [-0.15, -0.1) is 0 Å². The molecule has 0 radical (unpaired) electrons. The summed E-state index contributed by atoms with van der Waals surface area (Å²) in [5, 5.41) is 8.77. The number of nitrogens with one attached hydrogen (secondary N) is 1. The molecule has 3 aromatic rings. The van der Waals surface area contributed by atoms with Crippen LogP contribution in [0.5, 0.6) is 0 Å². The van der Waals surface area contributed by atoms with Crippen LogP contribution in [0.2, 0.25) is 0 Å². The van der Waals surface area contributed by atoms with Gasteiger partial charge in [-0.3, -0.25) is 3.97 Å². The van der Waals surface area contributed by atoms with Crippen molar-refractivity contribution < 1.29 is 41.0 Å². The van der Waals surface area contributed by atoms with Crippen LogP contribution in [-0.2, 0) is 32.9 Å². The summed E-state index contributed by atoms with van der Waals surface area (Å²) in [5.74, 6) is -1.18. The zero-order chi connectivity index (χ0) is 29.4. The van der Waals surface area contributed by atoms with Crippen LogP contribution in [0.25, 0.3) is 10.9 Å². The largest absolute Gasteiger partial charge is 0.478 e. The lowest BCUT2D eigenvalue weighted by atomic mass is 10.1. The van der Waals surface area contributed by atoms with Gasteiger partial charge in [0, 0.05) is 30.7 Å². The molecule has 0 aliphatic carbocycles. The molecule has 9 nitrogen and oxygen atoms in total. The smallest absolute Gasteiger partial charge is 0.417 e. The van der Waals surface area contributed by atoms with Crippen molar-refractivity contribution in [2.45, 2.75) is 61.2 Å². The van der Waals surface area contributed by atoms with E-state index < -0.39 is 51.4 Å². The van der Waals surface area contributed by atoms with E-state index in [2.05, 4.69) is 4.72 Å². The number of hydrogen-bond acceptors (Lipinski definition) is 5. The quantitative estimate of drug-likeness (QED) is 0.415. The second-order valence-corrected chi connectivity index (χ2v) is 12.8. The summed E-state index contributed by atoms with van der Waals surface area (Å²) in [4.78, 5) is 25.0. The number of rotatable bonds is 6. The molecule has 14 heteroatoms. The normalized spacial score (nSPS) is 16.6. The topological polar surface area (TPSA) is 118 Å². The van der Waals surface area contributed by atoms with Crippen LogP contribution in [-0.4, -0.2) is 59.2 Å². The molecule has 1 aliphatic heterocycles. The van der Waals surface area contributed by atoms with Crippen molar-refractivity contribution in [3.05, 3.63) is 59.8 Å². The van der Waals surface area contributed by atoms with Crippen molar-refractivity contribution in [3.63, 3.8) is 0 Å². The number of aromatic carboxylic acids is 1. The van der Waals surface area contributed by atoms with Crippen molar-refractivity contribution >= 4 is 44.9 Å². The fraction of sp³-hybridized carbons (Fsp3) is 0.385. The summed E-state index contributed by atoms with van der Waals surface area (Å²) in [6.07, 6.45) is -3.27. The number of benzene rings is 2. The van der Waals surface area contributed by atoms with Gasteiger partial charge < -0.3 is 14.7 Å². The molecule has 1 aromatic heterocycles. The van der Waals surface area contributed by atoms with Gasteiger partial charge in [0.15, 0.2) is 11.0 Å². The lowest BCUT2D eigenvalue weighted by Gasteiger charge is -2.33. The number of likely N-dealkylation sites (tertiary alicyclic amines) is 1. The number of nitrogens with zero attached hydrogens (tertiary/aromatic N) is 2. The molecule has 2 N–H and O–H groups in total. The van der Waals surface area contributed by atoms with E-state index in [0.29, 0.717) is 25.9 Å². The first kappa shape index (κ1) is 29.7. The number of carboxylic acids is 1. The predicted octanol–water partition coefficient (Wildman–Crippen LogP) is 4.94. The fourth-order valence-corrected chi connectivity index (χ4v) is 6.75. The lowest BCUT2D eigenvalue weighted by Crippen LogP contribution is -2.46. The van der Waals surface area contributed by atoms with E-state index in [1.165, 1.54) is 47.5 Å². The molecule has 4 rings (SSSR count). The first-order valence-corrected chi connectivity index (χ1v) is 14.5. The number of amides is 1. The Morgan fingerprint density at radius 2 is 1.65 bits per heavy atom. The van der Waals surface area contributed by atoms with Gasteiger partial charge >= 0.3 is 18.2 Å². The van der Waals surface area contributed by atoms with E-state index in [1.54, 1.807) is 20.8 Å². The SMILES string of the molecule is CC(C)(C)OC(=O)N1CCC(NS(=O)c2cn(S(=O)c3ccc(C(=O)O)cc3)c3cccc(C(F)(F)F)c23)CC1. The van der Waals surface area contributed by atoms with Gasteiger partial charge in [-0.2, -0.15) is 13.2 Å². The molecule has 2 atom stereocenters. The van der Waals surface area contributed by atoms with Crippen LogP contribution in [0, 0.1) is 0 Å². The number of alkyl halides is 3. The third-order valence-corrected chi connectivity index (χ3v) is 8.76. The number of ether oxygens (including phenoxy) is 1. The Hall–Kier alpha value is -3.23. The Labute approximate surface area is 233 Å². The van der Waals surface area contributed by atoms with E-state index in [-0.39, 0.29) is 32.3 Å². The van der Waals surface area contributed by atoms with E-state index in [4.69, 9.17) is 9.84 Å². The van der Waals surface area contributed by atoms with Gasteiger partial charge in [0.2, 0.25) is 0 Å². The number of piperidine rings is 1. The highest BCUT2D eigenvalue weighted by molar-refractivity contribution is 7.84. The molecular weight excluding hydrogens is 571 g/mol. The molecule has 0 bridgehead atoms. The summed E-state index contributed by atoms with van der Waals surface area (Å²) in [6, 6.07) is 8.16. The molecular formula is C26H28F3N3O6S2. The predicted molar refractivity (Wildman–Crippen MR) is 143 cm³/mol. The van der Waals surface area contributed by atoms with Gasteiger partial charge in [-0.1, -0.05) is 6.07 Å². The first-order valence-electron chi connectivity index (χ1n) is 12.3. The second-order valence-electron chi connectivity index (χ2n) is 10.2. The molecule has 0 saturated carbocycles. The van der Waals surface area contributed by atoms with Crippen LogP contribution in [0.1, 0.15) is 49.5 Å². The highest BCUT2D eigenvalue weighted by atomic mass is 32.2. The zero-order valence-corrected chi connectivity index (χ0v) is 23.5. The Kier molecular flexibility index (Phi) is 8.43. The van der Waals surface area contributed by atoms with Crippen LogP contribution in [0.4, 0.5) is 18.0 Å². The molecule has 2 heterocycles. The van der Waals surface area contributed by atoms with Gasteiger partial charge in [-0.25, -0.2) is 22.7 Å². The fourth-order valence-electron chi connectivity index (χ4n) is 4.29. The van der Waals surface area contributed by atoms with Crippen LogP contribution in [0.3, 0.4) is 0 Å². The summed E-state index contributed by atoms with van der Waals surface area (Å²) in [6.45, 7) is 5.90. The molecule has 1 amide bonds. The van der Waals surface area contributed by atoms with Crippen LogP contribution in [0.15, 0.2) is 58.5 Å². The van der Waals surface area contributed by atoms with E-state index in [0.717, 1.165) is 10.0 Å².